The third-order valence-corrected chi connectivity index (χ3v) is 4.55. The van der Waals surface area contributed by atoms with Crippen LogP contribution in [0.4, 0.5) is 11.4 Å². The number of aromatic nitrogens is 2. The topological polar surface area (TPSA) is 108 Å². The van der Waals surface area contributed by atoms with Crippen LogP contribution in [-0.2, 0) is 4.79 Å². The minimum absolute atomic E-state index is 0.00778. The summed E-state index contributed by atoms with van der Waals surface area (Å²) in [7, 11) is 1.54. The van der Waals surface area contributed by atoms with Crippen LogP contribution in [0.15, 0.2) is 73.1 Å². The van der Waals surface area contributed by atoms with E-state index >= 15 is 0 Å². The standard InChI is InChI=1S/C22H18N4O5/c1-30-20-5-3-2-4-18(20)24-22(27)14-31-17-9-6-15(7-10-17)19-13-25-12-16(26(28)29)8-11-21(25)23-19/h2-13H,14H2,1H3,(H,24,27). The number of fused-ring (bicyclic) bond motifs is 1. The Morgan fingerprint density at radius 3 is 2.61 bits per heavy atom. The predicted octanol–water partition coefficient (Wildman–Crippen LogP) is 3.94. The molecule has 4 aromatic rings. The van der Waals surface area contributed by atoms with Crippen molar-refractivity contribution in [2.75, 3.05) is 19.0 Å². The molecular formula is C22H18N4O5. The van der Waals surface area contributed by atoms with Gasteiger partial charge >= 0.3 is 0 Å². The highest BCUT2D eigenvalue weighted by atomic mass is 16.6. The van der Waals surface area contributed by atoms with E-state index in [2.05, 4.69) is 10.3 Å². The summed E-state index contributed by atoms with van der Waals surface area (Å²) >= 11 is 0. The number of anilines is 1. The van der Waals surface area contributed by atoms with E-state index < -0.39 is 4.92 Å². The number of methoxy groups -OCH3 is 1. The maximum atomic E-state index is 12.2. The monoisotopic (exact) mass is 418 g/mol. The first kappa shape index (κ1) is 19.9. The number of carbonyl (C=O) groups excluding carboxylic acids is 1. The van der Waals surface area contributed by atoms with Gasteiger partial charge in [0.15, 0.2) is 6.61 Å². The normalized spacial score (nSPS) is 10.6. The number of benzene rings is 2. The zero-order valence-corrected chi connectivity index (χ0v) is 16.5. The summed E-state index contributed by atoms with van der Waals surface area (Å²) in [4.78, 5) is 27.1. The molecule has 2 heterocycles. The number of nitrogens with zero attached hydrogens (tertiary/aromatic N) is 3. The van der Waals surface area contributed by atoms with E-state index in [1.54, 1.807) is 47.0 Å². The lowest BCUT2D eigenvalue weighted by molar-refractivity contribution is -0.385. The predicted molar refractivity (Wildman–Crippen MR) is 114 cm³/mol. The van der Waals surface area contributed by atoms with E-state index in [9.17, 15) is 14.9 Å². The second-order valence-electron chi connectivity index (χ2n) is 6.60. The quantitative estimate of drug-likeness (QED) is 0.360. The molecule has 156 valence electrons. The summed E-state index contributed by atoms with van der Waals surface area (Å²) in [6, 6.07) is 17.2. The Bertz CT molecular complexity index is 1250. The van der Waals surface area contributed by atoms with Crippen LogP contribution in [-0.4, -0.2) is 33.9 Å². The highest BCUT2D eigenvalue weighted by Gasteiger charge is 2.11. The van der Waals surface area contributed by atoms with Gasteiger partial charge in [-0.1, -0.05) is 12.1 Å². The molecule has 0 bridgehead atoms. The first-order valence-electron chi connectivity index (χ1n) is 9.33. The molecule has 0 aliphatic carbocycles. The number of nitrogens with one attached hydrogen (secondary N) is 1. The summed E-state index contributed by atoms with van der Waals surface area (Å²) in [5, 5.41) is 13.7. The van der Waals surface area contributed by atoms with Gasteiger partial charge in [0.1, 0.15) is 17.1 Å². The van der Waals surface area contributed by atoms with Gasteiger partial charge in [-0.2, -0.15) is 0 Å². The number of rotatable bonds is 7. The largest absolute Gasteiger partial charge is 0.495 e. The van der Waals surface area contributed by atoms with Gasteiger partial charge in [-0.25, -0.2) is 4.98 Å². The summed E-state index contributed by atoms with van der Waals surface area (Å²) in [6.07, 6.45) is 3.14. The maximum absolute atomic E-state index is 12.2. The second kappa shape index (κ2) is 8.54. The van der Waals surface area contributed by atoms with Crippen LogP contribution in [0.3, 0.4) is 0 Å². The molecule has 9 nitrogen and oxygen atoms in total. The van der Waals surface area contributed by atoms with Gasteiger partial charge in [0.05, 0.1) is 29.6 Å². The van der Waals surface area contributed by atoms with Crippen LogP contribution >= 0.6 is 0 Å². The third kappa shape index (κ3) is 4.45. The Hall–Kier alpha value is -4.40. The molecule has 0 radical (unpaired) electrons. The number of pyridine rings is 1. The van der Waals surface area contributed by atoms with Crippen LogP contribution in [0.1, 0.15) is 0 Å². The number of nitro groups is 1. The van der Waals surface area contributed by atoms with Gasteiger partial charge in [0.25, 0.3) is 11.6 Å². The fourth-order valence-corrected chi connectivity index (χ4v) is 3.03. The smallest absolute Gasteiger partial charge is 0.286 e. The lowest BCUT2D eigenvalue weighted by Crippen LogP contribution is -2.20. The molecular weight excluding hydrogens is 400 g/mol. The maximum Gasteiger partial charge on any atom is 0.286 e. The molecule has 0 fully saturated rings. The van der Waals surface area contributed by atoms with Crippen molar-refractivity contribution in [2.24, 2.45) is 0 Å². The van der Waals surface area contributed by atoms with Crippen LogP contribution in [0.25, 0.3) is 16.9 Å². The van der Waals surface area contributed by atoms with Gasteiger partial charge in [-0.3, -0.25) is 19.3 Å². The summed E-state index contributed by atoms with van der Waals surface area (Å²) < 4.78 is 12.4. The van der Waals surface area contributed by atoms with E-state index in [0.717, 1.165) is 5.56 Å². The zero-order chi connectivity index (χ0) is 21.8. The van der Waals surface area contributed by atoms with E-state index in [-0.39, 0.29) is 18.2 Å². The average Bonchev–Trinajstić information content (AvgIpc) is 3.22. The molecule has 0 aliphatic rings. The molecule has 2 aromatic heterocycles. The van der Waals surface area contributed by atoms with Crippen molar-refractivity contribution in [3.05, 3.63) is 83.2 Å². The summed E-state index contributed by atoms with van der Waals surface area (Å²) in [5.41, 5.74) is 2.65. The van der Waals surface area contributed by atoms with E-state index in [1.165, 1.54) is 19.4 Å². The zero-order valence-electron chi connectivity index (χ0n) is 16.5. The fraction of sp³-hybridized carbons (Fsp3) is 0.0909. The molecule has 0 atom stereocenters. The molecule has 2 aromatic carbocycles. The molecule has 4 rings (SSSR count). The Morgan fingerprint density at radius 1 is 1.10 bits per heavy atom. The van der Waals surface area contributed by atoms with Gasteiger partial charge in [-0.15, -0.1) is 0 Å². The molecule has 0 aliphatic heterocycles. The van der Waals surface area contributed by atoms with Crippen molar-refractivity contribution in [3.63, 3.8) is 0 Å². The van der Waals surface area contributed by atoms with Crippen molar-refractivity contribution in [3.8, 4) is 22.8 Å². The van der Waals surface area contributed by atoms with Crippen molar-refractivity contribution in [2.45, 2.75) is 0 Å². The van der Waals surface area contributed by atoms with Gasteiger partial charge in [0.2, 0.25) is 0 Å². The lowest BCUT2D eigenvalue weighted by Gasteiger charge is -2.10. The fourth-order valence-electron chi connectivity index (χ4n) is 3.03. The number of para-hydroxylation sites is 2. The third-order valence-electron chi connectivity index (χ3n) is 4.55. The number of amides is 1. The van der Waals surface area contributed by atoms with E-state index in [1.807, 2.05) is 18.2 Å². The van der Waals surface area contributed by atoms with Gasteiger partial charge < -0.3 is 14.8 Å². The van der Waals surface area contributed by atoms with Crippen LogP contribution < -0.4 is 14.8 Å². The first-order valence-corrected chi connectivity index (χ1v) is 9.33. The highest BCUT2D eigenvalue weighted by molar-refractivity contribution is 5.93. The molecule has 1 amide bonds. The lowest BCUT2D eigenvalue weighted by atomic mass is 10.2. The van der Waals surface area contributed by atoms with Gasteiger partial charge in [0, 0.05) is 17.8 Å². The minimum atomic E-state index is -0.449. The van der Waals surface area contributed by atoms with E-state index in [4.69, 9.17) is 9.47 Å². The molecule has 0 spiro atoms. The Labute approximate surface area is 177 Å². The number of hydrogen-bond acceptors (Lipinski definition) is 6. The first-order chi connectivity index (χ1) is 15.0. The number of ether oxygens (including phenoxy) is 2. The van der Waals surface area contributed by atoms with Crippen LogP contribution in [0.5, 0.6) is 11.5 Å². The summed E-state index contributed by atoms with van der Waals surface area (Å²) in [5.74, 6) is 0.784. The molecule has 1 N–H and O–H groups in total. The Morgan fingerprint density at radius 2 is 1.87 bits per heavy atom. The van der Waals surface area contributed by atoms with Crippen molar-refractivity contribution in [1.82, 2.24) is 9.38 Å². The highest BCUT2D eigenvalue weighted by Crippen LogP contribution is 2.25. The van der Waals surface area contributed by atoms with Crippen molar-refractivity contribution >= 4 is 22.9 Å². The van der Waals surface area contributed by atoms with Gasteiger partial charge in [-0.05, 0) is 42.5 Å². The molecule has 9 heteroatoms. The molecule has 31 heavy (non-hydrogen) atoms. The molecule has 0 saturated carbocycles. The SMILES string of the molecule is COc1ccccc1NC(=O)COc1ccc(-c2cn3cc([N+](=O)[O-])ccc3n2)cc1. The molecule has 0 saturated heterocycles. The number of carbonyl (C=O) groups is 1. The van der Waals surface area contributed by atoms with Crippen molar-refractivity contribution < 1.29 is 19.2 Å². The number of imidazole rings is 1. The summed E-state index contributed by atoms with van der Waals surface area (Å²) in [6.45, 7) is -0.157. The average molecular weight is 418 g/mol. The van der Waals surface area contributed by atoms with Crippen molar-refractivity contribution in [1.29, 1.82) is 0 Å². The Kier molecular flexibility index (Phi) is 5.48. The minimum Gasteiger partial charge on any atom is -0.495 e. The van der Waals surface area contributed by atoms with Crippen LogP contribution in [0.2, 0.25) is 0 Å². The van der Waals surface area contributed by atoms with Crippen LogP contribution in [0, 0.1) is 10.1 Å². The van der Waals surface area contributed by atoms with E-state index in [0.29, 0.717) is 28.5 Å². The molecule has 0 unspecified atom stereocenters. The Balaban J connectivity index is 1.41. The second-order valence-corrected chi connectivity index (χ2v) is 6.60. The number of hydrogen-bond donors (Lipinski definition) is 1.